The van der Waals surface area contributed by atoms with E-state index in [2.05, 4.69) is 296 Å². The van der Waals surface area contributed by atoms with Gasteiger partial charge in [0.25, 0.3) is 0 Å². The molecule has 0 unspecified atom stereocenters. The molecule has 0 bridgehead atoms. The normalized spacial score (nSPS) is 13.7. The monoisotopic (exact) mass is 1170 g/mol. The van der Waals surface area contributed by atoms with Crippen LogP contribution in [0.25, 0.3) is 38.8 Å². The van der Waals surface area contributed by atoms with E-state index in [9.17, 15) is 0 Å². The summed E-state index contributed by atoms with van der Waals surface area (Å²) in [4.78, 5) is 9.88. The van der Waals surface area contributed by atoms with E-state index in [4.69, 9.17) is 4.98 Å². The van der Waals surface area contributed by atoms with Gasteiger partial charge in [0, 0.05) is 55.3 Å². The van der Waals surface area contributed by atoms with Crippen molar-refractivity contribution < 1.29 is 21.1 Å². The summed E-state index contributed by atoms with van der Waals surface area (Å²) in [7, 11) is 0. The smallest absolute Gasteiger partial charge is 0.135 e. The Balaban J connectivity index is 0.00000689. The third-order valence-corrected chi connectivity index (χ3v) is 15.8. The molecule has 9 aromatic rings. The van der Waals surface area contributed by atoms with E-state index in [0.29, 0.717) is 0 Å². The third kappa shape index (κ3) is 10.1. The maximum Gasteiger partial charge on any atom is 0.135 e. The van der Waals surface area contributed by atoms with Gasteiger partial charge in [-0.3, -0.25) is 0 Å². The number of nitrogens with zero attached hydrogens (tertiary/aromatic N) is 4. The Kier molecular flexibility index (Phi) is 13.7. The van der Waals surface area contributed by atoms with Crippen LogP contribution in [0, 0.1) is 18.8 Å². The van der Waals surface area contributed by atoms with Crippen LogP contribution in [0.4, 0.5) is 22.7 Å². The van der Waals surface area contributed by atoms with Crippen LogP contribution in [0.1, 0.15) is 155 Å². The predicted molar refractivity (Wildman–Crippen MR) is 315 cm³/mol. The number of para-hydroxylation sites is 2. The van der Waals surface area contributed by atoms with Crippen LogP contribution >= 0.6 is 0 Å². The molecule has 4 nitrogen and oxygen atoms in total. The summed E-state index contributed by atoms with van der Waals surface area (Å²) in [6, 6.07) is 64.6. The predicted octanol–water partition coefficient (Wildman–Crippen LogP) is 18.7. The van der Waals surface area contributed by atoms with Crippen LogP contribution in [-0.4, -0.2) is 9.55 Å². The Labute approximate surface area is 463 Å². The quantitative estimate of drug-likeness (QED) is 0.142. The largest absolute Gasteiger partial charge is 0.493 e. The molecule has 1 aliphatic heterocycles. The van der Waals surface area contributed by atoms with Crippen LogP contribution in [-0.2, 0) is 53.6 Å². The molecule has 0 N–H and O–H groups in total. The second kappa shape index (κ2) is 19.1. The molecule has 7 aromatic carbocycles. The van der Waals surface area contributed by atoms with Crippen LogP contribution in [0.3, 0.4) is 0 Å². The van der Waals surface area contributed by atoms with E-state index in [0.717, 1.165) is 56.1 Å². The minimum Gasteiger partial charge on any atom is -0.493 e. The summed E-state index contributed by atoms with van der Waals surface area (Å²) in [5, 5.41) is 2.31. The van der Waals surface area contributed by atoms with Crippen molar-refractivity contribution in [2.45, 2.75) is 143 Å². The third-order valence-electron chi connectivity index (χ3n) is 15.8. The van der Waals surface area contributed by atoms with Gasteiger partial charge in [0.2, 0.25) is 0 Å². The van der Waals surface area contributed by atoms with Gasteiger partial charge in [-0.25, -0.2) is 4.98 Å². The number of benzene rings is 7. The number of rotatable bonds is 8. The maximum atomic E-state index is 5.16. The van der Waals surface area contributed by atoms with Gasteiger partial charge in [-0.05, 0) is 114 Å². The summed E-state index contributed by atoms with van der Waals surface area (Å²) in [6.45, 7) is 39.2. The minimum atomic E-state index is -0.501. The van der Waals surface area contributed by atoms with Gasteiger partial charge < -0.3 is 14.4 Å². The minimum absolute atomic E-state index is 0. The average molecular weight is 1170 g/mol. The first-order valence-electron chi connectivity index (χ1n) is 26.6. The van der Waals surface area contributed by atoms with E-state index < -0.39 is 5.41 Å². The summed E-state index contributed by atoms with van der Waals surface area (Å²) >= 11 is 0. The van der Waals surface area contributed by atoms with Gasteiger partial charge in [0.1, 0.15) is 5.82 Å². The van der Waals surface area contributed by atoms with Gasteiger partial charge >= 0.3 is 0 Å². The summed E-state index contributed by atoms with van der Waals surface area (Å²) in [5.41, 5.74) is 18.0. The molecule has 5 heteroatoms. The Bertz CT molecular complexity index is 3530. The Hall–Kier alpha value is -6.22. The molecule has 388 valence electrons. The van der Waals surface area contributed by atoms with Crippen molar-refractivity contribution in [1.82, 2.24) is 9.55 Å². The maximum absolute atomic E-state index is 5.16. The molecule has 75 heavy (non-hydrogen) atoms. The molecular formula is C70H75N4Pt-3. The number of fused-ring (bicyclic) bond motifs is 4. The standard InChI is InChI=1S/C70H75N4.Pt/c1-65(2,3)48-27-29-49(30-28-48)69(13,14)51-34-35-71-64(44-51)74-60-33-26-47(46-22-18-17-19-23-46)36-59(60)58-32-31-50(43-63(58)74)70(15,16)55-38-54(68(10,11)12)41-57(42-55)73-45-72(61-24-20-21-25-62(61)73)56-39-52(66(4,5)6)37-53(40-56)67(7,8)9;/h17-41,44-45H,1-16H3;/q-3;. The van der Waals surface area contributed by atoms with Crippen LogP contribution in [0.2, 0.25) is 0 Å². The van der Waals surface area contributed by atoms with Crippen molar-refractivity contribution in [3.8, 4) is 16.9 Å². The molecule has 10 rings (SSSR count). The Morgan fingerprint density at radius 1 is 0.413 bits per heavy atom. The second-order valence-electron chi connectivity index (χ2n) is 26.1. The number of aromatic nitrogens is 2. The van der Waals surface area contributed by atoms with Gasteiger partial charge in [-0.2, -0.15) is 47.0 Å². The van der Waals surface area contributed by atoms with Gasteiger partial charge in [-0.1, -0.05) is 201 Å². The van der Waals surface area contributed by atoms with Crippen LogP contribution in [0.15, 0.2) is 158 Å². The second-order valence-corrected chi connectivity index (χ2v) is 26.1. The van der Waals surface area contributed by atoms with E-state index in [1.165, 1.54) is 49.9 Å². The van der Waals surface area contributed by atoms with Crippen LogP contribution in [0.5, 0.6) is 0 Å². The summed E-state index contributed by atoms with van der Waals surface area (Å²) in [5.74, 6) is 0.875. The fraction of sp³-hybridized carbons (Fsp3) is 0.314. The molecular weight excluding hydrogens is 1090 g/mol. The van der Waals surface area contributed by atoms with Crippen molar-refractivity contribution in [3.63, 3.8) is 0 Å². The first kappa shape index (κ1) is 53.6. The first-order valence-corrected chi connectivity index (χ1v) is 26.6. The number of hydrogen-bond donors (Lipinski definition) is 0. The zero-order valence-electron chi connectivity index (χ0n) is 47.2. The number of anilines is 4. The molecule has 1 aliphatic rings. The van der Waals surface area contributed by atoms with E-state index in [-0.39, 0.29) is 48.1 Å². The van der Waals surface area contributed by atoms with Crippen molar-refractivity contribution in [1.29, 1.82) is 0 Å². The molecule has 0 fully saturated rings. The van der Waals surface area contributed by atoms with Gasteiger partial charge in [-0.15, -0.1) is 23.8 Å². The van der Waals surface area contributed by atoms with Gasteiger partial charge in [0.15, 0.2) is 0 Å². The zero-order valence-corrected chi connectivity index (χ0v) is 49.5. The number of hydrogen-bond acceptors (Lipinski definition) is 3. The molecule has 2 aromatic heterocycles. The first-order chi connectivity index (χ1) is 34.7. The van der Waals surface area contributed by atoms with Gasteiger partial charge in [0.05, 0.1) is 0 Å². The van der Waals surface area contributed by atoms with Crippen molar-refractivity contribution >= 4 is 44.6 Å². The topological polar surface area (TPSA) is 24.3 Å². The van der Waals surface area contributed by atoms with E-state index in [1.54, 1.807) is 0 Å². The Morgan fingerprint density at radius 3 is 1.60 bits per heavy atom. The summed E-state index contributed by atoms with van der Waals surface area (Å²) < 4.78 is 2.34. The molecule has 0 saturated carbocycles. The van der Waals surface area contributed by atoms with E-state index >= 15 is 0 Å². The molecule has 0 aliphatic carbocycles. The number of pyridine rings is 1. The van der Waals surface area contributed by atoms with Crippen molar-refractivity contribution in [2.24, 2.45) is 0 Å². The molecule has 0 radical (unpaired) electrons. The summed E-state index contributed by atoms with van der Waals surface area (Å²) in [6.07, 6.45) is 1.98. The molecule has 0 atom stereocenters. The van der Waals surface area contributed by atoms with Crippen molar-refractivity contribution in [2.75, 3.05) is 9.80 Å². The fourth-order valence-electron chi connectivity index (χ4n) is 10.6. The zero-order chi connectivity index (χ0) is 52.9. The van der Waals surface area contributed by atoms with Crippen LogP contribution < -0.4 is 9.80 Å². The van der Waals surface area contributed by atoms with Crippen molar-refractivity contribution in [3.05, 3.63) is 221 Å². The fourth-order valence-corrected chi connectivity index (χ4v) is 10.6. The molecule has 0 saturated heterocycles. The molecule has 0 amide bonds. The van der Waals surface area contributed by atoms with E-state index in [1.807, 2.05) is 6.20 Å². The molecule has 3 heterocycles. The Morgan fingerprint density at radius 2 is 0.987 bits per heavy atom. The SMILES string of the molecule is CC(C)(C)c1ccc(C(C)(C)c2ccnc(-n3c4[c-]c(C(C)(C)c5[c-]c(N6[CH-]N(c7cc(C(C)(C)C)cc(C(C)(C)C)c7)c7ccccc76)cc(C(C)(C)C)c5)ccc4c4cc(-c5ccccc5)ccc43)c2)cc1.[Pt]. The average Bonchev–Trinajstić information content (AvgIpc) is 3.91. The molecule has 0 spiro atoms.